The SMILES string of the molecule is Cc1c(C(C)NC(=O)C(C)(C)C)cnn1C. The first-order valence-corrected chi connectivity index (χ1v) is 5.53. The van der Waals surface area contributed by atoms with E-state index in [0.29, 0.717) is 0 Å². The van der Waals surface area contributed by atoms with Crippen LogP contribution in [-0.4, -0.2) is 15.7 Å². The molecular formula is C12H21N3O. The maximum atomic E-state index is 11.8. The van der Waals surface area contributed by atoms with Gasteiger partial charge in [0.25, 0.3) is 0 Å². The van der Waals surface area contributed by atoms with Crippen LogP contribution in [0.4, 0.5) is 0 Å². The Morgan fingerprint density at radius 3 is 2.44 bits per heavy atom. The minimum atomic E-state index is -0.357. The van der Waals surface area contributed by atoms with Gasteiger partial charge in [-0.1, -0.05) is 20.8 Å². The molecule has 0 aliphatic heterocycles. The Bertz CT molecular complexity index is 387. The van der Waals surface area contributed by atoms with E-state index in [1.807, 2.05) is 52.5 Å². The number of hydrogen-bond acceptors (Lipinski definition) is 2. The summed E-state index contributed by atoms with van der Waals surface area (Å²) >= 11 is 0. The second-order valence-electron chi connectivity index (χ2n) is 5.25. The summed E-state index contributed by atoms with van der Waals surface area (Å²) in [4.78, 5) is 11.8. The van der Waals surface area contributed by atoms with Gasteiger partial charge in [-0.05, 0) is 13.8 Å². The standard InChI is InChI=1S/C12H21N3O/c1-8(14-11(16)12(3,4)5)10-7-13-15(6)9(10)2/h7-8H,1-6H3,(H,14,16). The summed E-state index contributed by atoms with van der Waals surface area (Å²) in [7, 11) is 1.90. The minimum absolute atomic E-state index is 0.000394. The molecule has 0 fully saturated rings. The summed E-state index contributed by atoms with van der Waals surface area (Å²) in [5.74, 6) is 0.0586. The monoisotopic (exact) mass is 223 g/mol. The van der Waals surface area contributed by atoms with E-state index in [-0.39, 0.29) is 17.4 Å². The van der Waals surface area contributed by atoms with Crippen LogP contribution in [0.3, 0.4) is 0 Å². The van der Waals surface area contributed by atoms with Crippen molar-refractivity contribution < 1.29 is 4.79 Å². The van der Waals surface area contributed by atoms with Gasteiger partial charge in [-0.3, -0.25) is 9.48 Å². The van der Waals surface area contributed by atoms with Gasteiger partial charge in [-0.2, -0.15) is 5.10 Å². The Hall–Kier alpha value is -1.32. The van der Waals surface area contributed by atoms with Crippen molar-refractivity contribution >= 4 is 5.91 Å². The molecule has 0 saturated carbocycles. The van der Waals surface area contributed by atoms with Crippen molar-refractivity contribution in [3.8, 4) is 0 Å². The van der Waals surface area contributed by atoms with E-state index in [1.54, 1.807) is 0 Å². The molecular weight excluding hydrogens is 202 g/mol. The summed E-state index contributed by atoms with van der Waals surface area (Å²) < 4.78 is 1.81. The molecule has 0 radical (unpaired) electrons. The number of nitrogens with one attached hydrogen (secondary N) is 1. The summed E-state index contributed by atoms with van der Waals surface area (Å²) in [6, 6.07) is 0.000394. The van der Waals surface area contributed by atoms with Crippen molar-refractivity contribution in [1.82, 2.24) is 15.1 Å². The zero-order valence-corrected chi connectivity index (χ0v) is 11.0. The molecule has 0 aromatic carbocycles. The zero-order valence-electron chi connectivity index (χ0n) is 11.0. The lowest BCUT2D eigenvalue weighted by molar-refractivity contribution is -0.129. The molecule has 1 aromatic rings. The molecule has 4 heteroatoms. The molecule has 0 aliphatic carbocycles. The number of hydrogen-bond donors (Lipinski definition) is 1. The highest BCUT2D eigenvalue weighted by Gasteiger charge is 2.24. The van der Waals surface area contributed by atoms with Crippen molar-refractivity contribution in [3.05, 3.63) is 17.5 Å². The van der Waals surface area contributed by atoms with E-state index < -0.39 is 0 Å². The molecule has 1 unspecified atom stereocenters. The highest BCUT2D eigenvalue weighted by atomic mass is 16.2. The molecule has 1 atom stereocenters. The van der Waals surface area contributed by atoms with Crippen molar-refractivity contribution in [2.75, 3.05) is 0 Å². The zero-order chi connectivity index (χ0) is 12.5. The van der Waals surface area contributed by atoms with E-state index in [1.165, 1.54) is 0 Å². The summed E-state index contributed by atoms with van der Waals surface area (Å²) in [6.45, 7) is 9.71. The number of nitrogens with zero attached hydrogens (tertiary/aromatic N) is 2. The number of rotatable bonds is 2. The van der Waals surface area contributed by atoms with E-state index in [4.69, 9.17) is 0 Å². The van der Waals surface area contributed by atoms with Gasteiger partial charge in [0.1, 0.15) is 0 Å². The van der Waals surface area contributed by atoms with Gasteiger partial charge < -0.3 is 5.32 Å². The van der Waals surface area contributed by atoms with Gasteiger partial charge in [0.15, 0.2) is 0 Å². The third-order valence-electron chi connectivity index (χ3n) is 2.77. The lowest BCUT2D eigenvalue weighted by atomic mass is 9.95. The Labute approximate surface area is 97.0 Å². The molecule has 1 aromatic heterocycles. The van der Waals surface area contributed by atoms with Gasteiger partial charge in [0.2, 0.25) is 5.91 Å². The van der Waals surface area contributed by atoms with Crippen molar-refractivity contribution in [2.24, 2.45) is 12.5 Å². The number of aromatic nitrogens is 2. The van der Waals surface area contributed by atoms with Crippen molar-refractivity contribution in [1.29, 1.82) is 0 Å². The first-order valence-electron chi connectivity index (χ1n) is 5.53. The normalized spacial score (nSPS) is 13.6. The highest BCUT2D eigenvalue weighted by Crippen LogP contribution is 2.19. The molecule has 16 heavy (non-hydrogen) atoms. The van der Waals surface area contributed by atoms with Crippen LogP contribution in [0.1, 0.15) is 45.0 Å². The molecule has 0 saturated heterocycles. The fraction of sp³-hybridized carbons (Fsp3) is 0.667. The molecule has 1 heterocycles. The van der Waals surface area contributed by atoms with Crippen LogP contribution in [0.25, 0.3) is 0 Å². The summed E-state index contributed by atoms with van der Waals surface area (Å²) in [5.41, 5.74) is 1.80. The molecule has 90 valence electrons. The van der Waals surface area contributed by atoms with Crippen LogP contribution in [0.15, 0.2) is 6.20 Å². The van der Waals surface area contributed by atoms with Crippen molar-refractivity contribution in [3.63, 3.8) is 0 Å². The lowest BCUT2D eigenvalue weighted by Crippen LogP contribution is -2.36. The number of aryl methyl sites for hydroxylation is 1. The third-order valence-corrected chi connectivity index (χ3v) is 2.77. The van der Waals surface area contributed by atoms with Crippen LogP contribution < -0.4 is 5.32 Å². The Morgan fingerprint density at radius 1 is 1.50 bits per heavy atom. The number of carbonyl (C=O) groups is 1. The third kappa shape index (κ3) is 2.62. The summed E-state index contributed by atoms with van der Waals surface area (Å²) in [6.07, 6.45) is 1.81. The smallest absolute Gasteiger partial charge is 0.225 e. The number of carbonyl (C=O) groups excluding carboxylic acids is 1. The Morgan fingerprint density at radius 2 is 2.06 bits per heavy atom. The maximum Gasteiger partial charge on any atom is 0.225 e. The van der Waals surface area contributed by atoms with Gasteiger partial charge in [-0.15, -0.1) is 0 Å². The number of amides is 1. The Balaban J connectivity index is 2.77. The van der Waals surface area contributed by atoms with Crippen LogP contribution in [0.5, 0.6) is 0 Å². The Kier molecular flexibility index (Phi) is 3.41. The van der Waals surface area contributed by atoms with E-state index in [2.05, 4.69) is 10.4 Å². The molecule has 1 N–H and O–H groups in total. The average molecular weight is 223 g/mol. The molecule has 1 rings (SSSR count). The van der Waals surface area contributed by atoms with Gasteiger partial charge in [0.05, 0.1) is 12.2 Å². The van der Waals surface area contributed by atoms with E-state index in [0.717, 1.165) is 11.3 Å². The van der Waals surface area contributed by atoms with Crippen LogP contribution in [0, 0.1) is 12.3 Å². The van der Waals surface area contributed by atoms with E-state index in [9.17, 15) is 4.79 Å². The fourth-order valence-corrected chi connectivity index (χ4v) is 1.43. The predicted octanol–water partition coefficient (Wildman–Crippen LogP) is 1.95. The van der Waals surface area contributed by atoms with Gasteiger partial charge >= 0.3 is 0 Å². The maximum absolute atomic E-state index is 11.8. The summed E-state index contributed by atoms with van der Waals surface area (Å²) in [5, 5.41) is 7.17. The largest absolute Gasteiger partial charge is 0.349 e. The predicted molar refractivity (Wildman–Crippen MR) is 64.0 cm³/mol. The molecule has 0 bridgehead atoms. The lowest BCUT2D eigenvalue weighted by Gasteiger charge is -2.21. The first-order chi connectivity index (χ1) is 7.23. The second kappa shape index (κ2) is 4.28. The van der Waals surface area contributed by atoms with Crippen molar-refractivity contribution in [2.45, 2.75) is 40.7 Å². The molecule has 4 nitrogen and oxygen atoms in total. The van der Waals surface area contributed by atoms with Gasteiger partial charge in [0, 0.05) is 23.7 Å². The first kappa shape index (κ1) is 12.7. The van der Waals surface area contributed by atoms with E-state index >= 15 is 0 Å². The fourth-order valence-electron chi connectivity index (χ4n) is 1.43. The highest BCUT2D eigenvalue weighted by molar-refractivity contribution is 5.81. The molecule has 1 amide bonds. The quantitative estimate of drug-likeness (QED) is 0.833. The van der Waals surface area contributed by atoms with Crippen LogP contribution >= 0.6 is 0 Å². The second-order valence-corrected chi connectivity index (χ2v) is 5.25. The molecule has 0 aliphatic rings. The van der Waals surface area contributed by atoms with Crippen LogP contribution in [-0.2, 0) is 11.8 Å². The molecule has 0 spiro atoms. The van der Waals surface area contributed by atoms with Crippen LogP contribution in [0.2, 0.25) is 0 Å². The van der Waals surface area contributed by atoms with Gasteiger partial charge in [-0.25, -0.2) is 0 Å². The minimum Gasteiger partial charge on any atom is -0.349 e. The average Bonchev–Trinajstić information content (AvgIpc) is 2.46. The topological polar surface area (TPSA) is 46.9 Å².